The Balaban J connectivity index is 2.36. The largest absolute Gasteiger partial charge is 0.494 e. The highest BCUT2D eigenvalue weighted by Crippen LogP contribution is 2.28. The number of benzene rings is 1. The second kappa shape index (κ2) is 5.06. The Morgan fingerprint density at radius 2 is 2.00 bits per heavy atom. The highest BCUT2D eigenvalue weighted by molar-refractivity contribution is 6.30. The second-order valence-electron chi connectivity index (χ2n) is 3.54. The lowest BCUT2D eigenvalue weighted by atomic mass is 10.1. The Kier molecular flexibility index (Phi) is 3.49. The molecule has 88 valence electrons. The van der Waals surface area contributed by atoms with Crippen LogP contribution in [-0.4, -0.2) is 11.6 Å². The summed E-state index contributed by atoms with van der Waals surface area (Å²) in [5, 5.41) is 0.572. The topological polar surface area (TPSA) is 48.1 Å². The van der Waals surface area contributed by atoms with Crippen LogP contribution in [-0.2, 0) is 0 Å². The third-order valence-corrected chi connectivity index (χ3v) is 2.57. The predicted octanol–water partition coefficient (Wildman–Crippen LogP) is 3.38. The van der Waals surface area contributed by atoms with E-state index in [0.29, 0.717) is 17.4 Å². The highest BCUT2D eigenvalue weighted by Gasteiger charge is 2.05. The molecule has 0 fully saturated rings. The minimum absolute atomic E-state index is 0.471. The van der Waals surface area contributed by atoms with Crippen molar-refractivity contribution in [2.45, 2.75) is 6.92 Å². The molecule has 1 aromatic carbocycles. The Hall–Kier alpha value is -1.74. The molecule has 2 N–H and O–H groups in total. The van der Waals surface area contributed by atoms with Crippen molar-refractivity contribution in [1.82, 2.24) is 4.98 Å². The smallest absolute Gasteiger partial charge is 0.131 e. The van der Waals surface area contributed by atoms with Gasteiger partial charge in [-0.25, -0.2) is 4.98 Å². The van der Waals surface area contributed by atoms with Gasteiger partial charge in [-0.1, -0.05) is 23.7 Å². The van der Waals surface area contributed by atoms with Crippen LogP contribution in [0.15, 0.2) is 36.5 Å². The van der Waals surface area contributed by atoms with Crippen LogP contribution < -0.4 is 10.5 Å². The zero-order valence-corrected chi connectivity index (χ0v) is 10.2. The van der Waals surface area contributed by atoms with E-state index in [0.717, 1.165) is 16.9 Å². The summed E-state index contributed by atoms with van der Waals surface area (Å²) in [6, 6.07) is 9.49. The minimum Gasteiger partial charge on any atom is -0.494 e. The molecular weight excluding hydrogens is 236 g/mol. The van der Waals surface area contributed by atoms with Crippen molar-refractivity contribution < 1.29 is 4.74 Å². The molecule has 17 heavy (non-hydrogen) atoms. The first-order valence-electron chi connectivity index (χ1n) is 5.35. The summed E-state index contributed by atoms with van der Waals surface area (Å²) in [5.74, 6) is 1.31. The van der Waals surface area contributed by atoms with Crippen molar-refractivity contribution in [3.63, 3.8) is 0 Å². The van der Waals surface area contributed by atoms with E-state index in [-0.39, 0.29) is 0 Å². The quantitative estimate of drug-likeness (QED) is 0.906. The summed E-state index contributed by atoms with van der Waals surface area (Å²) in [6.45, 7) is 2.60. The van der Waals surface area contributed by atoms with Gasteiger partial charge >= 0.3 is 0 Å². The summed E-state index contributed by atoms with van der Waals surface area (Å²) in [5.41, 5.74) is 7.62. The van der Waals surface area contributed by atoms with Crippen LogP contribution >= 0.6 is 11.6 Å². The van der Waals surface area contributed by atoms with Crippen LogP contribution in [0.2, 0.25) is 5.02 Å². The van der Waals surface area contributed by atoms with Gasteiger partial charge in [0.25, 0.3) is 0 Å². The molecule has 0 aliphatic carbocycles. The fourth-order valence-electron chi connectivity index (χ4n) is 1.58. The van der Waals surface area contributed by atoms with E-state index >= 15 is 0 Å². The third kappa shape index (κ3) is 2.68. The van der Waals surface area contributed by atoms with E-state index in [4.69, 9.17) is 22.1 Å². The number of aromatic nitrogens is 1. The van der Waals surface area contributed by atoms with Crippen molar-refractivity contribution in [3.8, 4) is 16.9 Å². The van der Waals surface area contributed by atoms with Crippen LogP contribution in [0.3, 0.4) is 0 Å². The van der Waals surface area contributed by atoms with Crippen molar-refractivity contribution in [2.75, 3.05) is 12.3 Å². The number of anilines is 1. The molecule has 0 aliphatic heterocycles. The van der Waals surface area contributed by atoms with Gasteiger partial charge in [0.2, 0.25) is 0 Å². The fraction of sp³-hybridized carbons (Fsp3) is 0.154. The molecular formula is C13H13ClN2O. The lowest BCUT2D eigenvalue weighted by Crippen LogP contribution is -1.94. The van der Waals surface area contributed by atoms with Crippen LogP contribution in [0.1, 0.15) is 6.92 Å². The van der Waals surface area contributed by atoms with Crippen LogP contribution in [0.5, 0.6) is 5.75 Å². The van der Waals surface area contributed by atoms with Crippen molar-refractivity contribution >= 4 is 17.4 Å². The molecule has 3 nitrogen and oxygen atoms in total. The van der Waals surface area contributed by atoms with E-state index < -0.39 is 0 Å². The van der Waals surface area contributed by atoms with Crippen LogP contribution in [0.25, 0.3) is 11.1 Å². The standard InChI is InChI=1S/C13H13ClN2O/c1-2-17-11-5-3-9(4-6-11)12-7-10(14)8-16-13(12)15/h3-8H,2H2,1H3,(H2,15,16). The molecule has 0 bridgehead atoms. The molecule has 2 rings (SSSR count). The van der Waals surface area contributed by atoms with Gasteiger partial charge in [-0.05, 0) is 30.7 Å². The minimum atomic E-state index is 0.471. The highest BCUT2D eigenvalue weighted by atomic mass is 35.5. The maximum Gasteiger partial charge on any atom is 0.131 e. The molecule has 0 saturated carbocycles. The lowest BCUT2D eigenvalue weighted by molar-refractivity contribution is 0.340. The van der Waals surface area contributed by atoms with Gasteiger partial charge in [-0.3, -0.25) is 0 Å². The average molecular weight is 249 g/mol. The summed E-state index contributed by atoms with van der Waals surface area (Å²) >= 11 is 5.90. The number of pyridine rings is 1. The molecule has 0 unspecified atom stereocenters. The molecule has 0 aliphatic rings. The molecule has 1 heterocycles. The molecule has 0 spiro atoms. The lowest BCUT2D eigenvalue weighted by Gasteiger charge is -2.07. The molecule has 0 saturated heterocycles. The molecule has 0 radical (unpaired) electrons. The number of hydrogen-bond donors (Lipinski definition) is 1. The number of ether oxygens (including phenoxy) is 1. The number of rotatable bonds is 3. The van der Waals surface area contributed by atoms with E-state index in [1.807, 2.05) is 31.2 Å². The van der Waals surface area contributed by atoms with E-state index in [9.17, 15) is 0 Å². The number of nitrogens with zero attached hydrogens (tertiary/aromatic N) is 1. The van der Waals surface area contributed by atoms with Gasteiger partial charge in [0.1, 0.15) is 11.6 Å². The maximum atomic E-state index is 5.90. The average Bonchev–Trinajstić information content (AvgIpc) is 2.34. The first-order chi connectivity index (χ1) is 8.20. The molecule has 0 atom stereocenters. The SMILES string of the molecule is CCOc1ccc(-c2cc(Cl)cnc2N)cc1. The first-order valence-corrected chi connectivity index (χ1v) is 5.72. The molecule has 1 aromatic heterocycles. The van der Waals surface area contributed by atoms with E-state index in [2.05, 4.69) is 4.98 Å². The van der Waals surface area contributed by atoms with E-state index in [1.54, 1.807) is 6.07 Å². The van der Waals surface area contributed by atoms with Gasteiger partial charge in [0.05, 0.1) is 11.6 Å². The normalized spacial score (nSPS) is 10.2. The van der Waals surface area contributed by atoms with Gasteiger partial charge in [0, 0.05) is 11.8 Å². The van der Waals surface area contributed by atoms with Gasteiger partial charge in [0.15, 0.2) is 0 Å². The maximum absolute atomic E-state index is 5.90. The Morgan fingerprint density at radius 3 is 2.65 bits per heavy atom. The van der Waals surface area contributed by atoms with Gasteiger partial charge < -0.3 is 10.5 Å². The summed E-state index contributed by atoms with van der Waals surface area (Å²) < 4.78 is 5.38. The number of halogens is 1. The van der Waals surface area contributed by atoms with Gasteiger partial charge in [-0.2, -0.15) is 0 Å². The number of nitrogen functional groups attached to an aromatic ring is 1. The molecule has 0 amide bonds. The van der Waals surface area contributed by atoms with Crippen molar-refractivity contribution in [3.05, 3.63) is 41.6 Å². The molecule has 2 aromatic rings. The zero-order valence-electron chi connectivity index (χ0n) is 9.48. The summed E-state index contributed by atoms with van der Waals surface area (Å²) in [7, 11) is 0. The fourth-order valence-corrected chi connectivity index (χ4v) is 1.74. The second-order valence-corrected chi connectivity index (χ2v) is 3.98. The Bertz CT molecular complexity index is 511. The first kappa shape index (κ1) is 11.7. The van der Waals surface area contributed by atoms with Crippen LogP contribution in [0.4, 0.5) is 5.82 Å². The van der Waals surface area contributed by atoms with Crippen molar-refractivity contribution in [1.29, 1.82) is 0 Å². The van der Waals surface area contributed by atoms with Crippen LogP contribution in [0, 0.1) is 0 Å². The number of nitrogens with two attached hydrogens (primary N) is 1. The predicted molar refractivity (Wildman–Crippen MR) is 70.3 cm³/mol. The zero-order chi connectivity index (χ0) is 12.3. The van der Waals surface area contributed by atoms with E-state index in [1.165, 1.54) is 6.20 Å². The summed E-state index contributed by atoms with van der Waals surface area (Å²) in [6.07, 6.45) is 1.54. The monoisotopic (exact) mass is 248 g/mol. The number of hydrogen-bond acceptors (Lipinski definition) is 3. The third-order valence-electron chi connectivity index (χ3n) is 2.36. The Labute approximate surface area is 105 Å². The molecule has 4 heteroatoms. The Morgan fingerprint density at radius 1 is 1.29 bits per heavy atom. The van der Waals surface area contributed by atoms with Crippen molar-refractivity contribution in [2.24, 2.45) is 0 Å². The van der Waals surface area contributed by atoms with Gasteiger partial charge in [-0.15, -0.1) is 0 Å². The summed E-state index contributed by atoms with van der Waals surface area (Å²) in [4.78, 5) is 4.03.